The zero-order valence-electron chi connectivity index (χ0n) is 19.0. The molecule has 0 aliphatic carbocycles. The van der Waals surface area contributed by atoms with Crippen molar-refractivity contribution in [2.75, 3.05) is 11.5 Å². The van der Waals surface area contributed by atoms with Crippen LogP contribution in [0.3, 0.4) is 0 Å². The van der Waals surface area contributed by atoms with Gasteiger partial charge >= 0.3 is 5.97 Å². The second-order valence-corrected chi connectivity index (χ2v) is 8.34. The molecule has 0 spiro atoms. The minimum atomic E-state index is -0.773. The van der Waals surface area contributed by atoms with Crippen LogP contribution < -0.4 is 10.3 Å². The predicted molar refractivity (Wildman–Crippen MR) is 129 cm³/mol. The van der Waals surface area contributed by atoms with Gasteiger partial charge in [0.2, 0.25) is 5.76 Å². The Labute approximate surface area is 200 Å². The Bertz CT molecular complexity index is 1480. The molecule has 1 aromatic heterocycles. The van der Waals surface area contributed by atoms with Crippen LogP contribution in [-0.2, 0) is 4.74 Å². The number of ether oxygens (including phenoxy) is 1. The normalized spacial score (nSPS) is 14.9. The van der Waals surface area contributed by atoms with Crippen LogP contribution in [0.5, 0.6) is 0 Å². The van der Waals surface area contributed by atoms with E-state index in [0.717, 1.165) is 18.9 Å². The number of hydrogen-bond acceptors (Lipinski definition) is 5. The second-order valence-electron chi connectivity index (χ2n) is 8.34. The molecule has 3 aromatic carbocycles. The first-order valence-corrected chi connectivity index (χ1v) is 11.4. The van der Waals surface area contributed by atoms with Crippen LogP contribution in [0.4, 0.5) is 10.1 Å². The van der Waals surface area contributed by atoms with E-state index in [4.69, 9.17) is 9.15 Å². The summed E-state index contributed by atoms with van der Waals surface area (Å²) >= 11 is 0. The van der Waals surface area contributed by atoms with E-state index in [-0.39, 0.29) is 22.3 Å². The van der Waals surface area contributed by atoms with Crippen molar-refractivity contribution in [1.82, 2.24) is 0 Å². The van der Waals surface area contributed by atoms with Gasteiger partial charge < -0.3 is 9.15 Å². The molecular formula is C28H22FNO5. The van der Waals surface area contributed by atoms with Gasteiger partial charge in [0.1, 0.15) is 11.4 Å². The van der Waals surface area contributed by atoms with Crippen molar-refractivity contribution in [2.45, 2.75) is 25.8 Å². The van der Waals surface area contributed by atoms with Gasteiger partial charge in [-0.15, -0.1) is 0 Å². The molecule has 0 saturated heterocycles. The maximum Gasteiger partial charge on any atom is 0.338 e. The Morgan fingerprint density at radius 1 is 1.03 bits per heavy atom. The molecule has 7 heteroatoms. The highest BCUT2D eigenvalue weighted by molar-refractivity contribution is 6.10. The number of esters is 1. The van der Waals surface area contributed by atoms with E-state index < -0.39 is 29.2 Å². The number of nitrogens with zero attached hydrogens (tertiary/aromatic N) is 1. The van der Waals surface area contributed by atoms with Crippen molar-refractivity contribution < 1.29 is 23.1 Å². The first-order chi connectivity index (χ1) is 17.0. The van der Waals surface area contributed by atoms with Gasteiger partial charge in [0.25, 0.3) is 5.91 Å². The number of unbranched alkanes of at least 4 members (excludes halogenated alkanes) is 1. The van der Waals surface area contributed by atoms with Crippen molar-refractivity contribution >= 4 is 28.5 Å². The Balaban J connectivity index is 1.61. The highest BCUT2D eigenvalue weighted by atomic mass is 19.1. The molecule has 0 N–H and O–H groups in total. The summed E-state index contributed by atoms with van der Waals surface area (Å²) in [6.07, 6.45) is 1.70. The zero-order chi connectivity index (χ0) is 24.5. The number of anilines is 1. The van der Waals surface area contributed by atoms with Crippen LogP contribution in [0, 0.1) is 5.82 Å². The number of halogens is 1. The average molecular weight is 471 g/mol. The van der Waals surface area contributed by atoms with E-state index in [0.29, 0.717) is 23.4 Å². The van der Waals surface area contributed by atoms with Crippen LogP contribution >= 0.6 is 0 Å². The molecule has 0 bridgehead atoms. The largest absolute Gasteiger partial charge is 0.462 e. The Kier molecular flexibility index (Phi) is 5.91. The number of fused-ring (bicyclic) bond motifs is 2. The quantitative estimate of drug-likeness (QED) is 0.269. The molecule has 0 saturated carbocycles. The van der Waals surface area contributed by atoms with Crippen LogP contribution in [0.15, 0.2) is 82.0 Å². The van der Waals surface area contributed by atoms with Crippen LogP contribution in [0.25, 0.3) is 11.0 Å². The molecule has 1 unspecified atom stereocenters. The Morgan fingerprint density at radius 3 is 2.49 bits per heavy atom. The maximum absolute atomic E-state index is 13.9. The summed E-state index contributed by atoms with van der Waals surface area (Å²) in [4.78, 5) is 40.8. The van der Waals surface area contributed by atoms with Crippen molar-refractivity contribution in [3.05, 3.63) is 111 Å². The summed E-state index contributed by atoms with van der Waals surface area (Å²) in [5.41, 5.74) is 1.38. The lowest BCUT2D eigenvalue weighted by atomic mass is 9.98. The lowest BCUT2D eigenvalue weighted by Gasteiger charge is -2.25. The molecule has 176 valence electrons. The number of rotatable bonds is 6. The molecule has 35 heavy (non-hydrogen) atoms. The van der Waals surface area contributed by atoms with Gasteiger partial charge in [-0.3, -0.25) is 14.5 Å². The summed E-state index contributed by atoms with van der Waals surface area (Å²) in [7, 11) is 0. The Morgan fingerprint density at radius 2 is 1.77 bits per heavy atom. The molecule has 0 radical (unpaired) electrons. The van der Waals surface area contributed by atoms with Crippen LogP contribution in [-0.4, -0.2) is 18.5 Å². The van der Waals surface area contributed by atoms with Gasteiger partial charge in [-0.25, -0.2) is 9.18 Å². The highest BCUT2D eigenvalue weighted by Crippen LogP contribution is 2.41. The summed E-state index contributed by atoms with van der Waals surface area (Å²) in [6.45, 7) is 2.35. The smallest absolute Gasteiger partial charge is 0.338 e. The standard InChI is InChI=1S/C28H22FNO5/c1-2-3-15-34-28(33)18-9-12-20(13-10-18)30-24(17-7-5-4-6-8-17)23-25(31)21-16-19(29)11-14-22(21)35-26(23)27(30)32/h4-14,16,24H,2-3,15H2,1H3. The molecule has 1 aliphatic heterocycles. The number of hydrogen-bond donors (Lipinski definition) is 0. The van der Waals surface area contributed by atoms with Gasteiger partial charge in [-0.05, 0) is 54.4 Å². The third kappa shape index (κ3) is 3.99. The minimum Gasteiger partial charge on any atom is -0.462 e. The van der Waals surface area contributed by atoms with Crippen LogP contribution in [0.2, 0.25) is 0 Å². The molecule has 4 aromatic rings. The third-order valence-corrected chi connectivity index (χ3v) is 6.06. The number of benzene rings is 3. The topological polar surface area (TPSA) is 76.8 Å². The summed E-state index contributed by atoms with van der Waals surface area (Å²) < 4.78 is 25.0. The van der Waals surface area contributed by atoms with Crippen molar-refractivity contribution in [3.63, 3.8) is 0 Å². The maximum atomic E-state index is 13.9. The molecule has 1 amide bonds. The fraction of sp³-hybridized carbons (Fsp3) is 0.179. The number of carbonyl (C=O) groups is 2. The SMILES string of the molecule is CCCCOC(=O)c1ccc(N2C(=O)c3oc4ccc(F)cc4c(=O)c3C2c2ccccc2)cc1. The summed E-state index contributed by atoms with van der Waals surface area (Å²) in [6, 6.07) is 18.4. The first-order valence-electron chi connectivity index (χ1n) is 11.4. The van der Waals surface area contributed by atoms with Crippen molar-refractivity contribution in [3.8, 4) is 0 Å². The monoisotopic (exact) mass is 471 g/mol. The van der Waals surface area contributed by atoms with E-state index in [1.165, 1.54) is 17.0 Å². The fourth-order valence-electron chi connectivity index (χ4n) is 4.31. The molecule has 1 atom stereocenters. The summed E-state index contributed by atoms with van der Waals surface area (Å²) in [5, 5.41) is 0.0736. The van der Waals surface area contributed by atoms with Crippen molar-refractivity contribution in [1.29, 1.82) is 0 Å². The number of carbonyl (C=O) groups excluding carboxylic acids is 2. The van der Waals surface area contributed by atoms with E-state index in [9.17, 15) is 18.8 Å². The van der Waals surface area contributed by atoms with Gasteiger partial charge in [0, 0.05) is 5.69 Å². The Hall–Kier alpha value is -4.26. The summed E-state index contributed by atoms with van der Waals surface area (Å²) in [5.74, 6) is -1.57. The number of amides is 1. The van der Waals surface area contributed by atoms with Crippen molar-refractivity contribution in [2.24, 2.45) is 0 Å². The van der Waals surface area contributed by atoms with Crippen LogP contribution in [0.1, 0.15) is 57.8 Å². The first kappa shape index (κ1) is 22.5. The van der Waals surface area contributed by atoms with E-state index in [1.54, 1.807) is 24.3 Å². The van der Waals surface area contributed by atoms with Gasteiger partial charge in [-0.2, -0.15) is 0 Å². The molecule has 1 aliphatic rings. The lowest BCUT2D eigenvalue weighted by Crippen LogP contribution is -2.29. The zero-order valence-corrected chi connectivity index (χ0v) is 19.0. The van der Waals surface area contributed by atoms with E-state index in [1.807, 2.05) is 37.3 Å². The van der Waals surface area contributed by atoms with Gasteiger partial charge in [-0.1, -0.05) is 43.7 Å². The van der Waals surface area contributed by atoms with Gasteiger partial charge in [0.05, 0.1) is 29.2 Å². The fourth-order valence-corrected chi connectivity index (χ4v) is 4.31. The molecule has 2 heterocycles. The molecular weight excluding hydrogens is 449 g/mol. The highest BCUT2D eigenvalue weighted by Gasteiger charge is 2.43. The average Bonchev–Trinajstić information content (AvgIpc) is 3.17. The lowest BCUT2D eigenvalue weighted by molar-refractivity contribution is 0.0499. The van der Waals surface area contributed by atoms with E-state index in [2.05, 4.69) is 0 Å². The minimum absolute atomic E-state index is 0.0736. The molecule has 5 rings (SSSR count). The predicted octanol–water partition coefficient (Wildman–Crippen LogP) is 5.64. The third-order valence-electron chi connectivity index (χ3n) is 6.06. The van der Waals surface area contributed by atoms with Gasteiger partial charge in [0.15, 0.2) is 5.43 Å². The molecule has 6 nitrogen and oxygen atoms in total. The molecule has 0 fully saturated rings. The second kappa shape index (κ2) is 9.18. The van der Waals surface area contributed by atoms with E-state index >= 15 is 0 Å².